The Morgan fingerprint density at radius 1 is 1.28 bits per heavy atom. The fourth-order valence-corrected chi connectivity index (χ4v) is 6.17. The highest BCUT2D eigenvalue weighted by Gasteiger charge is 2.47. The first-order chi connectivity index (χ1) is 18.9. The van der Waals surface area contributed by atoms with Crippen LogP contribution in [0, 0.1) is 5.82 Å². The first-order valence-electron chi connectivity index (χ1n) is 13.1. The molecule has 1 aromatic heterocycles. The molecule has 1 N–H and O–H groups in total. The van der Waals surface area contributed by atoms with E-state index in [-0.39, 0.29) is 59.9 Å². The highest BCUT2D eigenvalue weighted by molar-refractivity contribution is 6.34. The number of anilines is 2. The summed E-state index contributed by atoms with van der Waals surface area (Å²) in [7, 11) is 0. The molecule has 0 spiro atoms. The lowest BCUT2D eigenvalue weighted by molar-refractivity contribution is -0.128. The van der Waals surface area contributed by atoms with Gasteiger partial charge in [0.1, 0.15) is 23.3 Å². The monoisotopic (exact) mass is 550 g/mol. The smallest absolute Gasteiger partial charge is 0.251 e. The van der Waals surface area contributed by atoms with E-state index >= 15 is 4.39 Å². The second-order valence-electron chi connectivity index (χ2n) is 10.0. The maximum Gasteiger partial charge on any atom is 0.251 e. The standard InChI is InChI=1S/C29H28ClFN4O4/c1-3-16-6-5-7-17(12-16)23-20(30)13-19-25(24(23)31)32-28-27-26(19)34-10-9-33(22(37)4-2)15-21(34)29(38)35(27)14-18(39-28)8-11-36/h4-7,12-13,18,21,36H,2-3,8-11,14-15H2,1H3/t18-,21+/m0/s1. The molecular formula is C29H28ClFN4O4. The van der Waals surface area contributed by atoms with Gasteiger partial charge in [-0.05, 0) is 29.7 Å². The lowest BCUT2D eigenvalue weighted by atomic mass is 9.95. The van der Waals surface area contributed by atoms with Gasteiger partial charge in [0, 0.05) is 37.1 Å². The van der Waals surface area contributed by atoms with Crippen LogP contribution >= 0.6 is 11.6 Å². The summed E-state index contributed by atoms with van der Waals surface area (Å²) in [4.78, 5) is 35.9. The average molecular weight is 551 g/mol. The molecule has 3 aliphatic rings. The van der Waals surface area contributed by atoms with E-state index in [2.05, 4.69) is 11.6 Å². The number of aromatic nitrogens is 1. The molecule has 39 heavy (non-hydrogen) atoms. The SMILES string of the molecule is C=CC(=O)N1CCN2c3c4c(nc5c(F)c(-c6cccc(CC)c6)c(Cl)cc35)O[C@@H](CCO)CN4C(=O)[C@H]2C1. The van der Waals surface area contributed by atoms with E-state index in [4.69, 9.17) is 16.3 Å². The predicted molar refractivity (Wildman–Crippen MR) is 148 cm³/mol. The Bertz CT molecular complexity index is 1530. The molecule has 0 radical (unpaired) electrons. The molecule has 0 bridgehead atoms. The molecule has 6 rings (SSSR count). The first-order valence-corrected chi connectivity index (χ1v) is 13.5. The topological polar surface area (TPSA) is 86.2 Å². The van der Waals surface area contributed by atoms with Gasteiger partial charge >= 0.3 is 0 Å². The maximum atomic E-state index is 16.4. The molecule has 2 aromatic carbocycles. The molecule has 4 heterocycles. The number of aliphatic hydroxyl groups excluding tert-OH is 1. The summed E-state index contributed by atoms with van der Waals surface area (Å²) in [6.45, 7) is 6.58. The van der Waals surface area contributed by atoms with Gasteiger partial charge < -0.3 is 24.5 Å². The van der Waals surface area contributed by atoms with Crippen molar-refractivity contribution in [3.63, 3.8) is 0 Å². The van der Waals surface area contributed by atoms with E-state index in [1.54, 1.807) is 15.9 Å². The van der Waals surface area contributed by atoms with Crippen molar-refractivity contribution in [2.45, 2.75) is 31.9 Å². The van der Waals surface area contributed by atoms with Crippen molar-refractivity contribution in [2.24, 2.45) is 0 Å². The van der Waals surface area contributed by atoms with Crippen molar-refractivity contribution < 1.29 is 23.8 Å². The van der Waals surface area contributed by atoms with Crippen molar-refractivity contribution in [2.75, 3.05) is 42.6 Å². The Morgan fingerprint density at radius 3 is 2.85 bits per heavy atom. The van der Waals surface area contributed by atoms with Crippen LogP contribution in [0.2, 0.25) is 5.02 Å². The zero-order valence-corrected chi connectivity index (χ0v) is 22.2. The number of carbonyl (C=O) groups is 2. The van der Waals surface area contributed by atoms with E-state index < -0.39 is 18.0 Å². The Balaban J connectivity index is 1.58. The Hall–Kier alpha value is -3.69. The molecule has 1 saturated heterocycles. The summed E-state index contributed by atoms with van der Waals surface area (Å²) in [5.41, 5.74) is 3.13. The van der Waals surface area contributed by atoms with Gasteiger partial charge in [0.25, 0.3) is 5.91 Å². The van der Waals surface area contributed by atoms with Crippen LogP contribution in [0.25, 0.3) is 22.0 Å². The molecule has 2 atom stereocenters. The molecule has 8 nitrogen and oxygen atoms in total. The summed E-state index contributed by atoms with van der Waals surface area (Å²) in [6, 6.07) is 8.62. The molecule has 3 aliphatic heterocycles. The summed E-state index contributed by atoms with van der Waals surface area (Å²) in [5.74, 6) is -0.870. The number of amides is 2. The minimum Gasteiger partial charge on any atom is -0.471 e. The molecule has 0 aliphatic carbocycles. The third kappa shape index (κ3) is 4.03. The van der Waals surface area contributed by atoms with E-state index in [9.17, 15) is 14.7 Å². The number of carbonyl (C=O) groups excluding carboxylic acids is 2. The summed E-state index contributed by atoms with van der Waals surface area (Å²) in [5, 5.41) is 10.3. The summed E-state index contributed by atoms with van der Waals surface area (Å²) < 4.78 is 22.5. The van der Waals surface area contributed by atoms with Gasteiger partial charge in [-0.25, -0.2) is 9.37 Å². The minimum atomic E-state index is -0.677. The number of piperazine rings is 1. The molecule has 202 valence electrons. The number of ether oxygens (including phenoxy) is 1. The van der Waals surface area contributed by atoms with Gasteiger partial charge in [0.05, 0.1) is 23.8 Å². The highest BCUT2D eigenvalue weighted by Crippen LogP contribution is 2.51. The number of rotatable bonds is 5. The van der Waals surface area contributed by atoms with Gasteiger partial charge in [0.15, 0.2) is 5.82 Å². The zero-order valence-electron chi connectivity index (χ0n) is 21.5. The van der Waals surface area contributed by atoms with Crippen LogP contribution in [0.15, 0.2) is 43.0 Å². The third-order valence-corrected chi connectivity index (χ3v) is 8.10. The largest absolute Gasteiger partial charge is 0.471 e. The number of benzene rings is 2. The normalized spacial score (nSPS) is 20.0. The molecule has 3 aromatic rings. The number of hydrogen-bond acceptors (Lipinski definition) is 6. The second-order valence-corrected chi connectivity index (χ2v) is 10.4. The van der Waals surface area contributed by atoms with Gasteiger partial charge in [-0.3, -0.25) is 9.59 Å². The molecule has 10 heteroatoms. The molecule has 0 unspecified atom stereocenters. The van der Waals surface area contributed by atoms with E-state index in [0.29, 0.717) is 35.4 Å². The second kappa shape index (κ2) is 9.81. The van der Waals surface area contributed by atoms with Crippen LogP contribution in [-0.2, 0) is 16.0 Å². The van der Waals surface area contributed by atoms with Gasteiger partial charge in [0.2, 0.25) is 11.8 Å². The number of aliphatic hydroxyl groups is 1. The van der Waals surface area contributed by atoms with E-state index in [1.165, 1.54) is 6.08 Å². The van der Waals surface area contributed by atoms with E-state index in [0.717, 1.165) is 12.0 Å². The number of hydrogen-bond donors (Lipinski definition) is 1. The number of nitrogens with zero attached hydrogens (tertiary/aromatic N) is 4. The van der Waals surface area contributed by atoms with Crippen molar-refractivity contribution in [1.82, 2.24) is 9.88 Å². The fourth-order valence-electron chi connectivity index (χ4n) is 5.86. The van der Waals surface area contributed by atoms with Crippen LogP contribution < -0.4 is 14.5 Å². The van der Waals surface area contributed by atoms with Crippen LogP contribution in [0.4, 0.5) is 15.8 Å². The van der Waals surface area contributed by atoms with Crippen LogP contribution in [0.3, 0.4) is 0 Å². The van der Waals surface area contributed by atoms with Gasteiger partial charge in [-0.2, -0.15) is 0 Å². The van der Waals surface area contributed by atoms with Crippen molar-refractivity contribution >= 4 is 45.7 Å². The lowest BCUT2D eigenvalue weighted by Crippen LogP contribution is -2.65. The molecular weight excluding hydrogens is 523 g/mol. The first kappa shape index (κ1) is 25.6. The molecule has 1 fully saturated rings. The minimum absolute atomic E-state index is 0.0901. The quantitative estimate of drug-likeness (QED) is 0.484. The lowest BCUT2D eigenvalue weighted by Gasteiger charge is -2.50. The van der Waals surface area contributed by atoms with E-state index in [1.807, 2.05) is 36.1 Å². The Labute approximate surface area is 230 Å². The number of fused-ring (bicyclic) bond motifs is 4. The average Bonchev–Trinajstić information content (AvgIpc) is 2.95. The zero-order chi connectivity index (χ0) is 27.4. The highest BCUT2D eigenvalue weighted by atomic mass is 35.5. The number of pyridine rings is 1. The summed E-state index contributed by atoms with van der Waals surface area (Å²) in [6.07, 6.45) is 1.81. The van der Waals surface area contributed by atoms with Crippen LogP contribution in [-0.4, -0.2) is 71.7 Å². The van der Waals surface area contributed by atoms with Crippen LogP contribution in [0.5, 0.6) is 5.88 Å². The number of halogens is 2. The summed E-state index contributed by atoms with van der Waals surface area (Å²) >= 11 is 6.77. The molecule has 2 amide bonds. The molecule has 0 saturated carbocycles. The Morgan fingerprint density at radius 2 is 2.10 bits per heavy atom. The fraction of sp³-hybridized carbons (Fsp3) is 0.345. The van der Waals surface area contributed by atoms with Crippen molar-refractivity contribution in [3.05, 3.63) is 59.4 Å². The maximum absolute atomic E-state index is 16.4. The van der Waals surface area contributed by atoms with Gasteiger partial charge in [-0.15, -0.1) is 0 Å². The van der Waals surface area contributed by atoms with Crippen LogP contribution in [0.1, 0.15) is 18.9 Å². The Kier molecular flexibility index (Phi) is 6.43. The van der Waals surface area contributed by atoms with Crippen molar-refractivity contribution in [3.8, 4) is 17.0 Å². The van der Waals surface area contributed by atoms with Crippen molar-refractivity contribution in [1.29, 1.82) is 0 Å². The number of aryl methyl sites for hydroxylation is 1. The third-order valence-electron chi connectivity index (χ3n) is 7.80. The predicted octanol–water partition coefficient (Wildman–Crippen LogP) is 3.95. The van der Waals surface area contributed by atoms with Gasteiger partial charge in [-0.1, -0.05) is 49.4 Å².